The van der Waals surface area contributed by atoms with Gasteiger partial charge < -0.3 is 14.4 Å². The van der Waals surface area contributed by atoms with Gasteiger partial charge in [0.25, 0.3) is 0 Å². The molecular weight excluding hydrogens is 314 g/mol. The molecule has 0 saturated carbocycles. The van der Waals surface area contributed by atoms with Crippen LogP contribution in [0.3, 0.4) is 0 Å². The molecule has 1 aliphatic heterocycles. The summed E-state index contributed by atoms with van der Waals surface area (Å²) in [5.41, 5.74) is 5.22. The molecule has 0 fully saturated rings. The highest BCUT2D eigenvalue weighted by atomic mass is 16.5. The van der Waals surface area contributed by atoms with Crippen molar-refractivity contribution in [3.05, 3.63) is 47.2 Å². The van der Waals surface area contributed by atoms with E-state index in [0.717, 1.165) is 44.4 Å². The van der Waals surface area contributed by atoms with Crippen LogP contribution in [0.15, 0.2) is 41.6 Å². The lowest BCUT2D eigenvalue weighted by Crippen LogP contribution is -2.25. The fraction of sp³-hybridized carbons (Fsp3) is 0.476. The van der Waals surface area contributed by atoms with Crippen LogP contribution in [0, 0.1) is 5.92 Å². The number of hydrogen-bond acceptors (Lipinski definition) is 4. The van der Waals surface area contributed by atoms with E-state index in [1.165, 1.54) is 22.5 Å². The maximum absolute atomic E-state index is 11.7. The zero-order chi connectivity index (χ0) is 17.2. The van der Waals surface area contributed by atoms with E-state index in [0.29, 0.717) is 19.1 Å². The van der Waals surface area contributed by atoms with Crippen LogP contribution in [0.25, 0.3) is 0 Å². The van der Waals surface area contributed by atoms with E-state index in [4.69, 9.17) is 9.47 Å². The molecule has 0 saturated heterocycles. The number of rotatable bonds is 5. The number of benzene rings is 1. The molecule has 4 heteroatoms. The van der Waals surface area contributed by atoms with E-state index >= 15 is 0 Å². The highest BCUT2D eigenvalue weighted by Crippen LogP contribution is 2.40. The third-order valence-corrected chi connectivity index (χ3v) is 5.47. The average Bonchev–Trinajstić information content (AvgIpc) is 3.04. The highest BCUT2D eigenvalue weighted by Gasteiger charge is 2.29. The topological polar surface area (TPSA) is 38.8 Å². The Morgan fingerprint density at radius 1 is 1.12 bits per heavy atom. The molecule has 0 N–H and O–H groups in total. The van der Waals surface area contributed by atoms with Gasteiger partial charge in [-0.05, 0) is 73.1 Å². The van der Waals surface area contributed by atoms with Gasteiger partial charge in [-0.15, -0.1) is 0 Å². The van der Waals surface area contributed by atoms with Crippen LogP contribution in [0.2, 0.25) is 0 Å². The zero-order valence-electron chi connectivity index (χ0n) is 14.8. The molecule has 1 atom stereocenters. The van der Waals surface area contributed by atoms with Gasteiger partial charge in [0.15, 0.2) is 5.78 Å². The number of hydrogen-bond donors (Lipinski definition) is 0. The quantitative estimate of drug-likeness (QED) is 0.768. The van der Waals surface area contributed by atoms with Gasteiger partial charge in [-0.1, -0.05) is 0 Å². The van der Waals surface area contributed by atoms with Crippen LogP contribution in [-0.4, -0.2) is 32.7 Å². The third-order valence-electron chi connectivity index (χ3n) is 5.47. The van der Waals surface area contributed by atoms with Crippen molar-refractivity contribution in [3.63, 3.8) is 0 Å². The minimum absolute atomic E-state index is 0.281. The van der Waals surface area contributed by atoms with Crippen LogP contribution in [-0.2, 0) is 16.0 Å². The van der Waals surface area contributed by atoms with Crippen molar-refractivity contribution < 1.29 is 14.3 Å². The van der Waals surface area contributed by atoms with E-state index < -0.39 is 0 Å². The molecule has 25 heavy (non-hydrogen) atoms. The molecule has 132 valence electrons. The molecular formula is C21H25NO3. The molecule has 0 amide bonds. The molecule has 1 unspecified atom stereocenters. The van der Waals surface area contributed by atoms with E-state index in [-0.39, 0.29) is 5.78 Å². The summed E-state index contributed by atoms with van der Waals surface area (Å²) >= 11 is 0. The van der Waals surface area contributed by atoms with Gasteiger partial charge in [0.2, 0.25) is 0 Å². The summed E-state index contributed by atoms with van der Waals surface area (Å²) in [7, 11) is 1.68. The Hall–Kier alpha value is -2.07. The number of ketones is 1. The maximum Gasteiger partial charge on any atom is 0.155 e. The normalized spacial score (nSPS) is 22.2. The minimum atomic E-state index is 0.281. The monoisotopic (exact) mass is 339 g/mol. The average molecular weight is 339 g/mol. The van der Waals surface area contributed by atoms with Crippen molar-refractivity contribution in [2.45, 2.75) is 32.1 Å². The molecule has 0 spiro atoms. The second kappa shape index (κ2) is 7.04. The van der Waals surface area contributed by atoms with Gasteiger partial charge >= 0.3 is 0 Å². The number of nitrogens with zero attached hydrogens (tertiary/aromatic N) is 1. The van der Waals surface area contributed by atoms with Crippen molar-refractivity contribution in [2.24, 2.45) is 5.92 Å². The predicted molar refractivity (Wildman–Crippen MR) is 98.0 cm³/mol. The molecule has 0 radical (unpaired) electrons. The number of fused-ring (bicyclic) bond motifs is 2. The van der Waals surface area contributed by atoms with Crippen molar-refractivity contribution >= 4 is 11.5 Å². The maximum atomic E-state index is 11.7. The van der Waals surface area contributed by atoms with Crippen LogP contribution in [0.5, 0.6) is 5.75 Å². The van der Waals surface area contributed by atoms with Crippen LogP contribution in [0.4, 0.5) is 5.69 Å². The lowest BCUT2D eigenvalue weighted by atomic mass is 9.79. The summed E-state index contributed by atoms with van der Waals surface area (Å²) in [6.45, 7) is 2.19. The van der Waals surface area contributed by atoms with Gasteiger partial charge in [-0.2, -0.15) is 0 Å². The predicted octanol–water partition coefficient (Wildman–Crippen LogP) is 3.66. The van der Waals surface area contributed by atoms with Crippen molar-refractivity contribution in [3.8, 4) is 5.75 Å². The van der Waals surface area contributed by atoms with Crippen LogP contribution in [0.1, 0.15) is 31.2 Å². The van der Waals surface area contributed by atoms with E-state index in [9.17, 15) is 4.79 Å². The second-order valence-electron chi connectivity index (χ2n) is 7.05. The molecule has 1 heterocycles. The lowest BCUT2D eigenvalue weighted by molar-refractivity contribution is -0.115. The summed E-state index contributed by atoms with van der Waals surface area (Å²) < 4.78 is 10.8. The van der Waals surface area contributed by atoms with Crippen molar-refractivity contribution in [1.29, 1.82) is 0 Å². The third kappa shape index (κ3) is 3.36. The van der Waals surface area contributed by atoms with Crippen LogP contribution >= 0.6 is 0 Å². The van der Waals surface area contributed by atoms with E-state index in [1.54, 1.807) is 7.11 Å². The summed E-state index contributed by atoms with van der Waals surface area (Å²) in [5.74, 6) is 1.78. The van der Waals surface area contributed by atoms with Crippen molar-refractivity contribution in [1.82, 2.24) is 0 Å². The number of allylic oxidation sites excluding steroid dienone is 4. The first-order chi connectivity index (χ1) is 12.2. The number of methoxy groups -OCH3 is 1. The second-order valence-corrected chi connectivity index (χ2v) is 7.05. The molecule has 2 aliphatic carbocycles. The fourth-order valence-corrected chi connectivity index (χ4v) is 4.14. The minimum Gasteiger partial charge on any atom is -0.491 e. The molecule has 4 nitrogen and oxygen atoms in total. The number of anilines is 1. The lowest BCUT2D eigenvalue weighted by Gasteiger charge is -2.32. The summed E-state index contributed by atoms with van der Waals surface area (Å²) in [6, 6.07) is 6.36. The van der Waals surface area contributed by atoms with Gasteiger partial charge in [0.05, 0.1) is 6.61 Å². The SMILES string of the molecule is COCCOc1ccc2c(c1)CCN2C1=CC2=CC(=O)CCC2CC1. The highest BCUT2D eigenvalue weighted by molar-refractivity contribution is 5.92. The number of carbonyl (C=O) groups excluding carboxylic acids is 1. The zero-order valence-corrected chi connectivity index (χ0v) is 14.8. The molecule has 0 aromatic heterocycles. The fourth-order valence-electron chi connectivity index (χ4n) is 4.14. The summed E-state index contributed by atoms with van der Waals surface area (Å²) in [6.07, 6.45) is 9.18. The Kier molecular flexibility index (Phi) is 4.62. The molecule has 1 aromatic rings. The first-order valence-electron chi connectivity index (χ1n) is 9.22. The van der Waals surface area contributed by atoms with Gasteiger partial charge in [-0.3, -0.25) is 4.79 Å². The van der Waals surface area contributed by atoms with Gasteiger partial charge in [0.1, 0.15) is 12.4 Å². The first-order valence-corrected chi connectivity index (χ1v) is 9.22. The largest absolute Gasteiger partial charge is 0.491 e. The Balaban J connectivity index is 1.53. The summed E-state index contributed by atoms with van der Waals surface area (Å²) in [4.78, 5) is 14.2. The van der Waals surface area contributed by atoms with Gasteiger partial charge in [0, 0.05) is 31.5 Å². The standard InChI is InChI=1S/C21H25NO3/c1-24-10-11-25-20-6-7-21-16(14-20)8-9-22(21)18-4-2-15-3-5-19(23)13-17(15)12-18/h6-7,12-15H,2-5,8-11H2,1H3. The molecule has 1 aromatic carbocycles. The Labute approximate surface area is 149 Å². The molecule has 0 bridgehead atoms. The van der Waals surface area contributed by atoms with Crippen molar-refractivity contribution in [2.75, 3.05) is 31.8 Å². The van der Waals surface area contributed by atoms with Gasteiger partial charge in [-0.25, -0.2) is 0 Å². The molecule has 4 rings (SSSR count). The Bertz CT molecular complexity index is 735. The van der Waals surface area contributed by atoms with Crippen LogP contribution < -0.4 is 9.64 Å². The van der Waals surface area contributed by atoms with E-state index in [2.05, 4.69) is 23.1 Å². The number of ether oxygens (including phenoxy) is 2. The Morgan fingerprint density at radius 2 is 2.00 bits per heavy atom. The van der Waals surface area contributed by atoms with E-state index in [1.807, 2.05) is 12.1 Å². The molecule has 3 aliphatic rings. The number of carbonyl (C=O) groups is 1. The summed E-state index contributed by atoms with van der Waals surface area (Å²) in [5, 5.41) is 0. The Morgan fingerprint density at radius 3 is 2.88 bits per heavy atom. The first kappa shape index (κ1) is 16.4. The smallest absolute Gasteiger partial charge is 0.155 e.